The molecule has 32 nitrogen and oxygen atoms in total. The van der Waals surface area contributed by atoms with E-state index in [1.165, 1.54) is 27.7 Å². The predicted molar refractivity (Wildman–Crippen MR) is 453 cm³/mol. The molecule has 0 amide bonds. The molecule has 36 heteroatoms. The summed E-state index contributed by atoms with van der Waals surface area (Å²) < 4.78 is 104. The first kappa shape index (κ1) is 94.9. The number of hydrogen-bond donors (Lipinski definition) is 0. The van der Waals surface area contributed by atoms with Crippen LogP contribution < -0.4 is 37.9 Å². The third-order valence-electron chi connectivity index (χ3n) is 18.9. The van der Waals surface area contributed by atoms with Crippen molar-refractivity contribution in [3.63, 3.8) is 0 Å². The zero-order chi connectivity index (χ0) is 85.0. The predicted octanol–water partition coefficient (Wildman–Crippen LogP) is 5.57. The van der Waals surface area contributed by atoms with Gasteiger partial charge < -0.3 is 75.8 Å². The van der Waals surface area contributed by atoms with E-state index in [0.717, 1.165) is 92.6 Å². The number of esters is 4. The van der Waals surface area contributed by atoms with Gasteiger partial charge in [0.15, 0.2) is 46.0 Å². The van der Waals surface area contributed by atoms with Gasteiger partial charge in [0.2, 0.25) is 0 Å². The van der Waals surface area contributed by atoms with Gasteiger partial charge in [0, 0.05) is 78.9 Å². The summed E-state index contributed by atoms with van der Waals surface area (Å²) in [6, 6.07) is 15.7. The number of carbonyl (C=O) groups excluding carboxylic acids is 4. The zero-order valence-corrected chi connectivity index (χ0v) is 71.8. The molecule has 0 aliphatic heterocycles. The van der Waals surface area contributed by atoms with Crippen molar-refractivity contribution < 1.29 is 95.0 Å². The Bertz CT molecular complexity index is 4120. The highest BCUT2D eigenvalue weighted by molar-refractivity contribution is 6.09. The fourth-order valence-corrected chi connectivity index (χ4v) is 12.8. The highest BCUT2D eigenvalue weighted by Crippen LogP contribution is 2.37. The van der Waals surface area contributed by atoms with Crippen molar-refractivity contribution in [2.75, 3.05) is 132 Å². The van der Waals surface area contributed by atoms with Gasteiger partial charge in [0.1, 0.15) is 31.4 Å². The van der Waals surface area contributed by atoms with Crippen LogP contribution in [0.15, 0.2) is 73.3 Å². The Labute approximate surface area is 702 Å². The summed E-state index contributed by atoms with van der Waals surface area (Å²) in [6.07, 6.45) is 17.4. The lowest BCUT2D eigenvalue weighted by molar-refractivity contribution is -0.133. The number of ether oxygens (including phenoxy) is 16. The second-order valence-corrected chi connectivity index (χ2v) is 29.3. The maximum Gasteiger partial charge on any atom is 0.308 e. The lowest BCUT2D eigenvalue weighted by Gasteiger charge is -2.33. The number of aryl methyl sites for hydroxylation is 8. The lowest BCUT2D eigenvalue weighted by atomic mass is 9.92. The van der Waals surface area contributed by atoms with E-state index in [1.807, 2.05) is 101 Å². The summed E-state index contributed by atoms with van der Waals surface area (Å²) in [5, 5.41) is 34.8. The maximum absolute atomic E-state index is 11.9. The second-order valence-electron chi connectivity index (χ2n) is 29.3. The molecule has 0 saturated heterocycles. The molecule has 8 aromatic rings. The van der Waals surface area contributed by atoms with Crippen molar-refractivity contribution in [2.45, 2.75) is 171 Å². The van der Waals surface area contributed by atoms with Gasteiger partial charge in [0.25, 0.3) is 0 Å². The summed E-state index contributed by atoms with van der Waals surface area (Å²) in [6.45, 7) is 22.1. The van der Waals surface area contributed by atoms with Gasteiger partial charge in [-0.15, -0.1) is 20.4 Å². The standard InChI is InChI=1S/C83H120B4N12O20/c1-59-39-67(47-84)43-75(79(59)116-63(5)100)112-27-9-15-71-51-96(92-88-71)19-31-104-23-13-25-108-55-83(57-110-37-35-106-33-21-98-53-73(90-94-98)17-11-29-114-77-45-69(49-86)41-61(3)81(77)118-65(7)102,58-111-38-36-107-34-22-99-54-74(91-95-99)18-12-30-115-78-46-70(50-87)42-62(4)82(78)119-66(8)103)56-109-26-14-24-105-32-20-97-52-72(89-93-97)16-10-28-113-76-44-68(48-85)40-60(2)80(76)117-64(6)101/h39-46,51-54H,9-38,47-50,55-58,84-87H2,1-8H3. The average Bonchev–Trinajstić information content (AvgIpc) is 1.45. The maximum atomic E-state index is 11.9. The van der Waals surface area contributed by atoms with E-state index < -0.39 is 29.3 Å². The third kappa shape index (κ3) is 34.6. The molecule has 0 radical (unpaired) electrons. The van der Waals surface area contributed by atoms with Gasteiger partial charge in [-0.25, -0.2) is 18.7 Å². The second kappa shape index (κ2) is 52.5. The summed E-state index contributed by atoms with van der Waals surface area (Å²) in [5.41, 5.74) is 10.3. The molecular formula is C83H120B4N12O20. The first-order valence-electron chi connectivity index (χ1n) is 41.7. The number of aromatic nitrogens is 12. The Morgan fingerprint density at radius 1 is 0.303 bits per heavy atom. The number of rotatable bonds is 62. The molecule has 644 valence electrons. The van der Waals surface area contributed by atoms with Gasteiger partial charge in [-0.1, -0.05) is 92.7 Å². The van der Waals surface area contributed by atoms with Crippen LogP contribution >= 0.6 is 0 Å². The number of carbonyl (C=O) groups is 4. The zero-order valence-electron chi connectivity index (χ0n) is 71.8. The molecule has 0 unspecified atom stereocenters. The highest BCUT2D eigenvalue weighted by atomic mass is 16.6. The van der Waals surface area contributed by atoms with Gasteiger partial charge in [-0.05, 0) is 138 Å². The molecule has 0 spiro atoms. The van der Waals surface area contributed by atoms with E-state index >= 15 is 0 Å². The fourth-order valence-electron chi connectivity index (χ4n) is 12.8. The molecular weight excluding hydrogens is 1530 g/mol. The van der Waals surface area contributed by atoms with Crippen molar-refractivity contribution in [1.82, 2.24) is 60.0 Å². The monoisotopic (exact) mass is 1650 g/mol. The smallest absolute Gasteiger partial charge is 0.308 e. The Hall–Kier alpha value is -9.54. The number of benzene rings is 4. The van der Waals surface area contributed by atoms with Crippen molar-refractivity contribution >= 4 is 55.3 Å². The minimum atomic E-state index is -0.760. The van der Waals surface area contributed by atoms with Crippen LogP contribution in [0.25, 0.3) is 0 Å². The SMILES string of the molecule is BCc1cc(C)c(OC(C)=O)c(OCCCc2cn(CCOCCCOCC(COCCCOCCn3cc(CCCOc4cc(CB)cc(C)c4OC(C)=O)nn3)(COCCOCCn3cc(CCCOc4cc(CB)cc(C)c4OC(C)=O)nn3)COCCOCCn3cc(CCCOc4cc(CB)cc(C)c4OC(C)=O)nn3)nn2)c1. The van der Waals surface area contributed by atoms with Crippen molar-refractivity contribution in [2.24, 2.45) is 5.41 Å². The van der Waals surface area contributed by atoms with Crippen LogP contribution in [0.3, 0.4) is 0 Å². The van der Waals surface area contributed by atoms with E-state index in [1.54, 1.807) is 18.7 Å². The van der Waals surface area contributed by atoms with Gasteiger partial charge in [0.05, 0.1) is 160 Å². The van der Waals surface area contributed by atoms with E-state index in [0.29, 0.717) is 229 Å². The van der Waals surface area contributed by atoms with Crippen molar-refractivity contribution in [3.8, 4) is 46.0 Å². The Kier molecular flexibility index (Phi) is 41.9. The molecule has 0 aliphatic carbocycles. The molecule has 4 aromatic carbocycles. The first-order valence-corrected chi connectivity index (χ1v) is 41.7. The van der Waals surface area contributed by atoms with E-state index in [2.05, 4.69) is 72.6 Å². The molecule has 0 saturated carbocycles. The topological polar surface area (TPSA) is 339 Å². The van der Waals surface area contributed by atoms with E-state index in [4.69, 9.17) is 75.8 Å². The van der Waals surface area contributed by atoms with Gasteiger partial charge >= 0.3 is 23.9 Å². The Balaban J connectivity index is 0.822. The molecule has 4 heterocycles. The normalized spacial score (nSPS) is 11.5. The molecule has 0 atom stereocenters. The minimum Gasteiger partial charge on any atom is -0.490 e. The summed E-state index contributed by atoms with van der Waals surface area (Å²) in [7, 11) is 8.27. The minimum absolute atomic E-state index is 0.226. The molecule has 0 aliphatic rings. The molecule has 4 aromatic heterocycles. The number of hydrogen-bond acceptors (Lipinski definition) is 28. The first-order chi connectivity index (χ1) is 57.7. The van der Waals surface area contributed by atoms with Crippen LogP contribution in [0, 0.1) is 33.1 Å². The fraction of sp³-hybridized carbons (Fsp3) is 0.566. The largest absolute Gasteiger partial charge is 0.490 e. The van der Waals surface area contributed by atoms with Crippen molar-refractivity contribution in [1.29, 1.82) is 0 Å². The highest BCUT2D eigenvalue weighted by Gasteiger charge is 2.33. The third-order valence-corrected chi connectivity index (χ3v) is 18.9. The summed E-state index contributed by atoms with van der Waals surface area (Å²) in [4.78, 5) is 47.5. The van der Waals surface area contributed by atoms with Crippen LogP contribution in [0.5, 0.6) is 46.0 Å². The summed E-state index contributed by atoms with van der Waals surface area (Å²) in [5.74, 6) is 2.36. The van der Waals surface area contributed by atoms with Gasteiger partial charge in [-0.2, -0.15) is 0 Å². The van der Waals surface area contributed by atoms with Crippen LogP contribution in [-0.4, -0.2) is 247 Å². The molecule has 119 heavy (non-hydrogen) atoms. The molecule has 8 rings (SSSR count). The van der Waals surface area contributed by atoms with E-state index in [9.17, 15) is 19.2 Å². The summed E-state index contributed by atoms with van der Waals surface area (Å²) >= 11 is 0. The van der Waals surface area contributed by atoms with Crippen molar-refractivity contribution in [3.05, 3.63) is 141 Å². The van der Waals surface area contributed by atoms with Crippen LogP contribution in [-0.2, 0) is 134 Å². The Morgan fingerprint density at radius 2 is 0.529 bits per heavy atom. The quantitative estimate of drug-likeness (QED) is 0.0195. The molecule has 0 bridgehead atoms. The average molecular weight is 1650 g/mol. The number of nitrogens with zero attached hydrogens (tertiary/aromatic N) is 12. The van der Waals surface area contributed by atoms with Crippen LogP contribution in [0.2, 0.25) is 0 Å². The van der Waals surface area contributed by atoms with E-state index in [-0.39, 0.29) is 39.6 Å². The molecule has 0 N–H and O–H groups in total. The van der Waals surface area contributed by atoms with Crippen LogP contribution in [0.1, 0.15) is 134 Å². The van der Waals surface area contributed by atoms with Gasteiger partial charge in [-0.3, -0.25) is 19.2 Å². The lowest BCUT2D eigenvalue weighted by Crippen LogP contribution is -2.42. The van der Waals surface area contributed by atoms with Crippen LogP contribution in [0.4, 0.5) is 0 Å². The Morgan fingerprint density at radius 3 is 0.773 bits per heavy atom. The molecule has 0 fully saturated rings.